The molecule has 1 N–H and O–H groups in total. The maximum Gasteiger partial charge on any atom is 0.255 e. The van der Waals surface area contributed by atoms with E-state index in [1.165, 1.54) is 6.42 Å². The van der Waals surface area contributed by atoms with Gasteiger partial charge in [-0.1, -0.05) is 44.7 Å². The standard InChI is InChI=1S/C24H36N2O3/c1-2-3-13-22(27)26-16-10-15-24(19-26)14-8-4-5-9-17-29-21-12-7-6-11-20(21)23(28)25-18-24/h6-7,11-12H,2-5,8-10,13-19H2,1H3,(H,25,28). The Labute approximate surface area is 175 Å². The Morgan fingerprint density at radius 1 is 1.14 bits per heavy atom. The van der Waals surface area contributed by atoms with Gasteiger partial charge in [-0.3, -0.25) is 9.59 Å². The summed E-state index contributed by atoms with van der Waals surface area (Å²) in [6, 6.07) is 7.49. The number of ether oxygens (including phenoxy) is 1. The van der Waals surface area contributed by atoms with Gasteiger partial charge in [-0.25, -0.2) is 0 Å². The van der Waals surface area contributed by atoms with E-state index < -0.39 is 0 Å². The van der Waals surface area contributed by atoms with Crippen LogP contribution in [0.4, 0.5) is 0 Å². The highest BCUT2D eigenvalue weighted by atomic mass is 16.5. The average Bonchev–Trinajstić information content (AvgIpc) is 2.76. The summed E-state index contributed by atoms with van der Waals surface area (Å²) in [7, 11) is 0. The van der Waals surface area contributed by atoms with Crippen molar-refractivity contribution < 1.29 is 14.3 Å². The van der Waals surface area contributed by atoms with E-state index >= 15 is 0 Å². The summed E-state index contributed by atoms with van der Waals surface area (Å²) in [5.41, 5.74) is 0.591. The molecule has 1 aromatic rings. The molecule has 2 heterocycles. The van der Waals surface area contributed by atoms with Gasteiger partial charge in [0.25, 0.3) is 5.91 Å². The Kier molecular flexibility index (Phi) is 7.96. The number of unbranched alkanes of at least 4 members (excludes halogenated alkanes) is 1. The van der Waals surface area contributed by atoms with E-state index in [4.69, 9.17) is 4.74 Å². The number of likely N-dealkylation sites (tertiary alicyclic amines) is 1. The van der Waals surface area contributed by atoms with Gasteiger partial charge in [0, 0.05) is 31.5 Å². The van der Waals surface area contributed by atoms with Crippen LogP contribution in [0, 0.1) is 5.41 Å². The number of amides is 2. The van der Waals surface area contributed by atoms with Crippen LogP contribution in [0.2, 0.25) is 0 Å². The first-order valence-electron chi connectivity index (χ1n) is 11.4. The van der Waals surface area contributed by atoms with Crippen LogP contribution in [0.25, 0.3) is 0 Å². The zero-order valence-corrected chi connectivity index (χ0v) is 17.9. The van der Waals surface area contributed by atoms with E-state index in [0.717, 1.165) is 64.5 Å². The highest BCUT2D eigenvalue weighted by Crippen LogP contribution is 2.36. The minimum atomic E-state index is -0.0753. The lowest BCUT2D eigenvalue weighted by molar-refractivity contribution is -0.135. The number of carbonyl (C=O) groups is 2. The fourth-order valence-corrected chi connectivity index (χ4v) is 4.62. The zero-order valence-electron chi connectivity index (χ0n) is 17.9. The van der Waals surface area contributed by atoms with Gasteiger partial charge >= 0.3 is 0 Å². The van der Waals surface area contributed by atoms with E-state index in [9.17, 15) is 9.59 Å². The van der Waals surface area contributed by atoms with Gasteiger partial charge < -0.3 is 15.0 Å². The van der Waals surface area contributed by atoms with Crippen molar-refractivity contribution in [3.63, 3.8) is 0 Å². The van der Waals surface area contributed by atoms with Crippen LogP contribution in [-0.2, 0) is 4.79 Å². The largest absolute Gasteiger partial charge is 0.493 e. The topological polar surface area (TPSA) is 58.6 Å². The molecule has 1 aromatic carbocycles. The van der Waals surface area contributed by atoms with Gasteiger partial charge in [0.15, 0.2) is 0 Å². The van der Waals surface area contributed by atoms with Crippen LogP contribution >= 0.6 is 0 Å². The summed E-state index contributed by atoms with van der Waals surface area (Å²) in [6.45, 7) is 5.02. The third-order valence-electron chi connectivity index (χ3n) is 6.37. The molecule has 2 aliphatic heterocycles. The molecule has 0 saturated carbocycles. The van der Waals surface area contributed by atoms with Gasteiger partial charge in [0.2, 0.25) is 5.91 Å². The zero-order chi connectivity index (χ0) is 20.5. The Morgan fingerprint density at radius 2 is 1.93 bits per heavy atom. The first-order valence-corrected chi connectivity index (χ1v) is 11.4. The average molecular weight is 401 g/mol. The highest BCUT2D eigenvalue weighted by Gasteiger charge is 2.37. The van der Waals surface area contributed by atoms with E-state index in [2.05, 4.69) is 17.1 Å². The van der Waals surface area contributed by atoms with Crippen molar-refractivity contribution in [1.29, 1.82) is 0 Å². The number of fused-ring (bicyclic) bond motifs is 1. The number of carbonyl (C=O) groups excluding carboxylic acids is 2. The molecule has 2 aliphatic rings. The Hall–Kier alpha value is -2.04. The lowest BCUT2D eigenvalue weighted by Crippen LogP contribution is -2.51. The summed E-state index contributed by atoms with van der Waals surface area (Å²) in [4.78, 5) is 27.6. The molecular formula is C24H36N2O3. The van der Waals surface area contributed by atoms with Crippen LogP contribution in [0.1, 0.15) is 81.5 Å². The molecule has 1 saturated heterocycles. The molecule has 0 aromatic heterocycles. The molecule has 0 radical (unpaired) electrons. The molecule has 1 spiro atoms. The maximum atomic E-state index is 12.9. The van der Waals surface area contributed by atoms with Gasteiger partial charge in [0.1, 0.15) is 5.75 Å². The molecule has 0 aliphatic carbocycles. The Bertz CT molecular complexity index is 690. The maximum absolute atomic E-state index is 12.9. The second-order valence-electron chi connectivity index (χ2n) is 8.71. The summed E-state index contributed by atoms with van der Waals surface area (Å²) >= 11 is 0. The minimum Gasteiger partial charge on any atom is -0.493 e. The molecule has 1 atom stereocenters. The first kappa shape index (κ1) is 21.7. The van der Waals surface area contributed by atoms with Gasteiger partial charge in [-0.05, 0) is 44.2 Å². The molecule has 2 amide bonds. The highest BCUT2D eigenvalue weighted by molar-refractivity contribution is 5.96. The van der Waals surface area contributed by atoms with Crippen LogP contribution in [-0.4, -0.2) is 43.0 Å². The predicted octanol–water partition coefficient (Wildman–Crippen LogP) is 4.56. The van der Waals surface area contributed by atoms with Crippen molar-refractivity contribution >= 4 is 11.8 Å². The monoisotopic (exact) mass is 400 g/mol. The number of nitrogens with one attached hydrogen (secondary N) is 1. The van der Waals surface area contributed by atoms with E-state index in [1.54, 1.807) is 0 Å². The van der Waals surface area contributed by atoms with E-state index in [-0.39, 0.29) is 17.2 Å². The number of para-hydroxylation sites is 1. The number of benzene rings is 1. The van der Waals surface area contributed by atoms with E-state index in [0.29, 0.717) is 30.9 Å². The Balaban J connectivity index is 1.74. The second-order valence-corrected chi connectivity index (χ2v) is 8.71. The minimum absolute atomic E-state index is 0.0142. The molecular weight excluding hydrogens is 364 g/mol. The van der Waals surface area contributed by atoms with Crippen LogP contribution < -0.4 is 10.1 Å². The lowest BCUT2D eigenvalue weighted by atomic mass is 9.75. The second kappa shape index (κ2) is 10.7. The SMILES string of the molecule is CCCCC(=O)N1CCCC2(CCCCCCOc3ccccc3C(=O)NC2)C1. The van der Waals surface area contributed by atoms with Crippen molar-refractivity contribution in [1.82, 2.24) is 10.2 Å². The number of nitrogens with zero attached hydrogens (tertiary/aromatic N) is 1. The molecule has 160 valence electrons. The van der Waals surface area contributed by atoms with Gasteiger partial charge in [-0.2, -0.15) is 0 Å². The number of hydrogen-bond donors (Lipinski definition) is 1. The predicted molar refractivity (Wildman–Crippen MR) is 115 cm³/mol. The Morgan fingerprint density at radius 3 is 2.79 bits per heavy atom. The van der Waals surface area contributed by atoms with Gasteiger partial charge in [-0.15, -0.1) is 0 Å². The summed E-state index contributed by atoms with van der Waals surface area (Å²) in [6.07, 6.45) is 10.2. The summed E-state index contributed by atoms with van der Waals surface area (Å²) in [5, 5.41) is 3.18. The van der Waals surface area contributed by atoms with E-state index in [1.807, 2.05) is 24.3 Å². The number of hydrogen-bond acceptors (Lipinski definition) is 3. The fraction of sp³-hybridized carbons (Fsp3) is 0.667. The fourth-order valence-electron chi connectivity index (χ4n) is 4.62. The molecule has 5 heteroatoms. The molecule has 0 bridgehead atoms. The lowest BCUT2D eigenvalue weighted by Gasteiger charge is -2.43. The third-order valence-corrected chi connectivity index (χ3v) is 6.37. The summed E-state index contributed by atoms with van der Waals surface area (Å²) < 4.78 is 5.88. The molecule has 3 rings (SSSR count). The normalized spacial score (nSPS) is 23.8. The van der Waals surface area contributed by atoms with Crippen molar-refractivity contribution in [2.75, 3.05) is 26.2 Å². The third kappa shape index (κ3) is 5.97. The van der Waals surface area contributed by atoms with Crippen molar-refractivity contribution in [2.24, 2.45) is 5.41 Å². The molecule has 5 nitrogen and oxygen atoms in total. The smallest absolute Gasteiger partial charge is 0.255 e. The van der Waals surface area contributed by atoms with Crippen molar-refractivity contribution in [2.45, 2.75) is 71.1 Å². The van der Waals surface area contributed by atoms with Crippen LogP contribution in [0.3, 0.4) is 0 Å². The number of rotatable bonds is 3. The van der Waals surface area contributed by atoms with Crippen LogP contribution in [0.15, 0.2) is 24.3 Å². The first-order chi connectivity index (χ1) is 14.1. The quantitative estimate of drug-likeness (QED) is 0.809. The van der Waals surface area contributed by atoms with Crippen LogP contribution in [0.5, 0.6) is 5.75 Å². The molecule has 1 unspecified atom stereocenters. The van der Waals surface area contributed by atoms with Crippen molar-refractivity contribution in [3.8, 4) is 5.75 Å². The summed E-state index contributed by atoms with van der Waals surface area (Å²) in [5.74, 6) is 0.867. The van der Waals surface area contributed by atoms with Gasteiger partial charge in [0.05, 0.1) is 12.2 Å². The number of piperidine rings is 1. The van der Waals surface area contributed by atoms with Crippen molar-refractivity contribution in [3.05, 3.63) is 29.8 Å². The molecule has 29 heavy (non-hydrogen) atoms. The molecule has 1 fully saturated rings.